The number of carbonyl (C=O) groups excluding carboxylic acids is 1. The van der Waals surface area contributed by atoms with Crippen molar-refractivity contribution in [2.24, 2.45) is 0 Å². The molecule has 1 amide bonds. The highest BCUT2D eigenvalue weighted by atomic mass is 16.4. The summed E-state index contributed by atoms with van der Waals surface area (Å²) in [5.74, 6) is 1.55. The third kappa shape index (κ3) is 4.01. The Morgan fingerprint density at radius 1 is 1.07 bits per heavy atom. The summed E-state index contributed by atoms with van der Waals surface area (Å²) in [5.41, 5.74) is 4.69. The zero-order chi connectivity index (χ0) is 19.5. The molecule has 1 fully saturated rings. The maximum absolute atomic E-state index is 12.8. The molecular weight excluding hydrogens is 348 g/mol. The van der Waals surface area contributed by atoms with Crippen molar-refractivity contribution < 1.29 is 9.21 Å². The van der Waals surface area contributed by atoms with Crippen LogP contribution < -0.4 is 0 Å². The molecule has 3 aromatic rings. The number of aromatic nitrogens is 1. The molecular formula is C24H26N2O2. The molecule has 1 aliphatic heterocycles. The van der Waals surface area contributed by atoms with Crippen LogP contribution in [0, 0.1) is 13.8 Å². The number of rotatable bonds is 5. The fourth-order valence-corrected chi connectivity index (χ4v) is 3.83. The molecule has 4 nitrogen and oxygen atoms in total. The van der Waals surface area contributed by atoms with Gasteiger partial charge in [0, 0.05) is 24.9 Å². The summed E-state index contributed by atoms with van der Waals surface area (Å²) >= 11 is 0. The second-order valence-corrected chi connectivity index (χ2v) is 7.64. The number of aryl methyl sites for hydroxylation is 3. The summed E-state index contributed by atoms with van der Waals surface area (Å²) in [4.78, 5) is 19.2. The van der Waals surface area contributed by atoms with Crippen molar-refractivity contribution in [3.8, 4) is 11.3 Å². The smallest absolute Gasteiger partial charge is 0.223 e. The molecule has 28 heavy (non-hydrogen) atoms. The van der Waals surface area contributed by atoms with E-state index in [2.05, 4.69) is 55.2 Å². The summed E-state index contributed by atoms with van der Waals surface area (Å²) in [6.07, 6.45) is 4.79. The number of likely N-dealkylation sites (tertiary alicyclic amines) is 1. The van der Waals surface area contributed by atoms with Crippen molar-refractivity contribution in [3.05, 3.63) is 77.3 Å². The first kappa shape index (κ1) is 18.5. The molecule has 0 spiro atoms. The first-order chi connectivity index (χ1) is 13.6. The second-order valence-electron chi connectivity index (χ2n) is 7.64. The van der Waals surface area contributed by atoms with E-state index >= 15 is 0 Å². The van der Waals surface area contributed by atoms with E-state index in [1.165, 1.54) is 16.7 Å². The summed E-state index contributed by atoms with van der Waals surface area (Å²) in [5, 5.41) is 0. The second kappa shape index (κ2) is 8.01. The van der Waals surface area contributed by atoms with Gasteiger partial charge in [-0.3, -0.25) is 4.79 Å². The highest BCUT2D eigenvalue weighted by Gasteiger charge is 2.29. The van der Waals surface area contributed by atoms with Crippen LogP contribution in [0.15, 0.2) is 59.1 Å². The third-order valence-corrected chi connectivity index (χ3v) is 5.48. The van der Waals surface area contributed by atoms with E-state index in [1.54, 1.807) is 6.20 Å². The van der Waals surface area contributed by atoms with E-state index in [4.69, 9.17) is 4.42 Å². The lowest BCUT2D eigenvalue weighted by Crippen LogP contribution is -2.30. The number of benzene rings is 2. The Morgan fingerprint density at radius 3 is 2.46 bits per heavy atom. The number of oxazole rings is 1. The zero-order valence-corrected chi connectivity index (χ0v) is 16.5. The molecule has 0 aliphatic carbocycles. The highest BCUT2D eigenvalue weighted by Crippen LogP contribution is 2.32. The fraction of sp³-hybridized carbons (Fsp3) is 0.333. The van der Waals surface area contributed by atoms with Gasteiger partial charge in [0.25, 0.3) is 0 Å². The van der Waals surface area contributed by atoms with Crippen molar-refractivity contribution in [2.75, 3.05) is 6.54 Å². The Bertz CT molecular complexity index is 941. The molecule has 0 saturated carbocycles. The standard InChI is InChI=1S/C24H26N2O2/c1-17-5-9-19(10-6-17)21-4-3-15-26(21)24(27)14-13-23-25-16-22(28-23)20-11-7-18(2)8-12-20/h5-12,16,21H,3-4,13-15H2,1-2H3. The average Bonchev–Trinajstić information content (AvgIpc) is 3.37. The molecule has 4 rings (SSSR count). The van der Waals surface area contributed by atoms with E-state index in [0.29, 0.717) is 18.7 Å². The third-order valence-electron chi connectivity index (χ3n) is 5.48. The largest absolute Gasteiger partial charge is 0.441 e. The number of hydrogen-bond acceptors (Lipinski definition) is 3. The number of carbonyl (C=O) groups is 1. The van der Waals surface area contributed by atoms with E-state index in [0.717, 1.165) is 30.7 Å². The van der Waals surface area contributed by atoms with Gasteiger partial charge >= 0.3 is 0 Å². The predicted octanol–water partition coefficient (Wildman–Crippen LogP) is 5.25. The van der Waals surface area contributed by atoms with Gasteiger partial charge in [0.05, 0.1) is 12.2 Å². The van der Waals surface area contributed by atoms with Crippen LogP contribution in [0.5, 0.6) is 0 Å². The zero-order valence-electron chi connectivity index (χ0n) is 16.5. The molecule has 1 saturated heterocycles. The molecule has 1 aromatic heterocycles. The first-order valence-corrected chi connectivity index (χ1v) is 9.98. The van der Waals surface area contributed by atoms with E-state index in [9.17, 15) is 4.79 Å². The Morgan fingerprint density at radius 2 is 1.75 bits per heavy atom. The van der Waals surface area contributed by atoms with Gasteiger partial charge in [-0.1, -0.05) is 59.7 Å². The van der Waals surface area contributed by atoms with Crippen molar-refractivity contribution in [2.45, 2.75) is 45.6 Å². The predicted molar refractivity (Wildman–Crippen MR) is 110 cm³/mol. The molecule has 1 atom stereocenters. The first-order valence-electron chi connectivity index (χ1n) is 9.98. The minimum absolute atomic E-state index is 0.179. The maximum Gasteiger partial charge on any atom is 0.223 e. The van der Waals surface area contributed by atoms with Crippen molar-refractivity contribution in [1.82, 2.24) is 9.88 Å². The quantitative estimate of drug-likeness (QED) is 0.612. The monoisotopic (exact) mass is 374 g/mol. The Kier molecular flexibility index (Phi) is 5.29. The molecule has 1 aliphatic rings. The molecule has 2 aromatic carbocycles. The molecule has 4 heteroatoms. The molecule has 0 bridgehead atoms. The topological polar surface area (TPSA) is 46.3 Å². The molecule has 0 radical (unpaired) electrons. The van der Waals surface area contributed by atoms with Crippen LogP contribution in [0.2, 0.25) is 0 Å². The summed E-state index contributed by atoms with van der Waals surface area (Å²) in [6, 6.07) is 16.9. The Labute approximate surface area is 166 Å². The number of amides is 1. The summed E-state index contributed by atoms with van der Waals surface area (Å²) in [7, 11) is 0. The van der Waals surface area contributed by atoms with Crippen LogP contribution in [-0.4, -0.2) is 22.3 Å². The Hall–Kier alpha value is -2.88. The summed E-state index contributed by atoms with van der Waals surface area (Å²) in [6.45, 7) is 4.98. The SMILES string of the molecule is Cc1ccc(-c2cnc(CCC(=O)N3CCCC3c3ccc(C)cc3)o2)cc1. The molecule has 0 N–H and O–H groups in total. The lowest BCUT2D eigenvalue weighted by atomic mass is 10.0. The number of nitrogens with zero attached hydrogens (tertiary/aromatic N) is 2. The van der Waals surface area contributed by atoms with Gasteiger partial charge in [-0.2, -0.15) is 0 Å². The number of hydrogen-bond donors (Lipinski definition) is 0. The minimum Gasteiger partial charge on any atom is -0.441 e. The van der Waals surface area contributed by atoms with Gasteiger partial charge in [-0.15, -0.1) is 0 Å². The van der Waals surface area contributed by atoms with Gasteiger partial charge in [0.1, 0.15) is 0 Å². The van der Waals surface area contributed by atoms with Crippen molar-refractivity contribution in [3.63, 3.8) is 0 Å². The van der Waals surface area contributed by atoms with Gasteiger partial charge in [-0.25, -0.2) is 4.98 Å². The summed E-state index contributed by atoms with van der Waals surface area (Å²) < 4.78 is 5.87. The van der Waals surface area contributed by atoms with Crippen LogP contribution in [0.4, 0.5) is 0 Å². The lowest BCUT2D eigenvalue weighted by molar-refractivity contribution is -0.132. The molecule has 144 valence electrons. The Balaban J connectivity index is 1.39. The van der Waals surface area contributed by atoms with Gasteiger partial charge in [0.2, 0.25) is 5.91 Å². The van der Waals surface area contributed by atoms with Crippen LogP contribution >= 0.6 is 0 Å². The van der Waals surface area contributed by atoms with Crippen LogP contribution in [0.1, 0.15) is 47.9 Å². The molecule has 1 unspecified atom stereocenters. The normalized spacial score (nSPS) is 16.5. The lowest BCUT2D eigenvalue weighted by Gasteiger charge is -2.25. The van der Waals surface area contributed by atoms with Crippen LogP contribution in [0.3, 0.4) is 0 Å². The van der Waals surface area contributed by atoms with Crippen molar-refractivity contribution in [1.29, 1.82) is 0 Å². The van der Waals surface area contributed by atoms with Gasteiger partial charge in [0.15, 0.2) is 11.7 Å². The van der Waals surface area contributed by atoms with Crippen LogP contribution in [-0.2, 0) is 11.2 Å². The van der Waals surface area contributed by atoms with Gasteiger partial charge < -0.3 is 9.32 Å². The fourth-order valence-electron chi connectivity index (χ4n) is 3.83. The minimum atomic E-state index is 0.179. The molecule has 2 heterocycles. The van der Waals surface area contributed by atoms with Crippen molar-refractivity contribution >= 4 is 5.91 Å². The van der Waals surface area contributed by atoms with E-state index in [1.807, 2.05) is 17.0 Å². The van der Waals surface area contributed by atoms with E-state index in [-0.39, 0.29) is 11.9 Å². The van der Waals surface area contributed by atoms with Crippen LogP contribution in [0.25, 0.3) is 11.3 Å². The average molecular weight is 374 g/mol. The maximum atomic E-state index is 12.8. The van der Waals surface area contributed by atoms with E-state index < -0.39 is 0 Å². The van der Waals surface area contributed by atoms with Gasteiger partial charge in [-0.05, 0) is 32.3 Å². The highest BCUT2D eigenvalue weighted by molar-refractivity contribution is 5.77.